The third kappa shape index (κ3) is 1.78. The van der Waals surface area contributed by atoms with E-state index in [1.807, 2.05) is 0 Å². The second kappa shape index (κ2) is 4.50. The minimum atomic E-state index is -1.61. The van der Waals surface area contributed by atoms with Crippen molar-refractivity contribution in [1.29, 1.82) is 0 Å². The Balaban J connectivity index is 1.91. The smallest absolute Gasteiger partial charge is 0.182 e. The fourth-order valence-electron chi connectivity index (χ4n) is 4.18. The Hall–Kier alpha value is -2.00. The van der Waals surface area contributed by atoms with Gasteiger partial charge < -0.3 is 0 Å². The molecule has 0 fully saturated rings. The monoisotopic (exact) mass is 306 g/mol. The van der Waals surface area contributed by atoms with E-state index in [4.69, 9.17) is 0 Å². The summed E-state index contributed by atoms with van der Waals surface area (Å²) in [6.07, 6.45) is 5.65. The number of benzene rings is 1. The molecule has 0 spiro atoms. The predicted octanol–water partition coefficient (Wildman–Crippen LogP) is 3.02. The summed E-state index contributed by atoms with van der Waals surface area (Å²) in [6, 6.07) is 9.63. The van der Waals surface area contributed by atoms with E-state index in [2.05, 4.69) is 43.4 Å². The van der Waals surface area contributed by atoms with Crippen molar-refractivity contribution in [3.8, 4) is 0 Å². The zero-order chi connectivity index (χ0) is 15.5. The Bertz CT molecular complexity index is 808. The minimum absolute atomic E-state index is 0.0169. The number of ketones is 2. The lowest BCUT2D eigenvalue weighted by Gasteiger charge is -2.41. The number of carbonyl (C=O) groups is 2. The van der Waals surface area contributed by atoms with Crippen molar-refractivity contribution < 1.29 is 9.59 Å². The van der Waals surface area contributed by atoms with Gasteiger partial charge in [0.25, 0.3) is 0 Å². The maximum atomic E-state index is 12.4. The fourth-order valence-corrected chi connectivity index (χ4v) is 7.35. The molecule has 1 aliphatic heterocycles. The molecule has 0 radical (unpaired) electrons. The van der Waals surface area contributed by atoms with E-state index in [0.717, 1.165) is 17.2 Å². The number of fused-ring (bicyclic) bond motifs is 4. The van der Waals surface area contributed by atoms with Gasteiger partial charge in [-0.3, -0.25) is 9.59 Å². The summed E-state index contributed by atoms with van der Waals surface area (Å²) in [4.78, 5) is 24.6. The Morgan fingerprint density at radius 1 is 1.05 bits per heavy atom. The summed E-state index contributed by atoms with van der Waals surface area (Å²) >= 11 is 0. The molecule has 4 rings (SSSR count). The summed E-state index contributed by atoms with van der Waals surface area (Å²) in [6.45, 7) is 4.73. The molecule has 0 saturated carbocycles. The van der Waals surface area contributed by atoms with Crippen LogP contribution in [0, 0.1) is 5.92 Å². The molecule has 1 aromatic rings. The van der Waals surface area contributed by atoms with E-state index in [-0.39, 0.29) is 17.5 Å². The number of allylic oxidation sites excluding steroid dienone is 6. The maximum Gasteiger partial charge on any atom is 0.182 e. The quantitative estimate of drug-likeness (QED) is 0.545. The van der Waals surface area contributed by atoms with Crippen LogP contribution in [0.1, 0.15) is 12.0 Å². The second-order valence-electron chi connectivity index (χ2n) is 7.00. The van der Waals surface area contributed by atoms with Gasteiger partial charge in [0.15, 0.2) is 11.6 Å². The molecule has 0 saturated heterocycles. The lowest BCUT2D eigenvalue weighted by atomic mass is 9.75. The van der Waals surface area contributed by atoms with Gasteiger partial charge in [-0.2, -0.15) is 0 Å². The number of hydrogen-bond acceptors (Lipinski definition) is 2. The van der Waals surface area contributed by atoms with E-state index in [0.29, 0.717) is 6.42 Å². The van der Waals surface area contributed by atoms with Gasteiger partial charge >= 0.3 is 0 Å². The first-order valence-electron chi connectivity index (χ1n) is 7.79. The van der Waals surface area contributed by atoms with Crippen LogP contribution in [0.2, 0.25) is 19.1 Å². The van der Waals surface area contributed by atoms with Crippen LogP contribution in [0.25, 0.3) is 5.57 Å². The van der Waals surface area contributed by atoms with Crippen molar-refractivity contribution >= 4 is 30.4 Å². The highest BCUT2D eigenvalue weighted by atomic mass is 28.3. The second-order valence-corrected chi connectivity index (χ2v) is 11.7. The van der Waals surface area contributed by atoms with Crippen LogP contribution in [0.5, 0.6) is 0 Å². The van der Waals surface area contributed by atoms with E-state index in [1.165, 1.54) is 28.5 Å². The average Bonchev–Trinajstić information content (AvgIpc) is 2.50. The van der Waals surface area contributed by atoms with E-state index < -0.39 is 8.07 Å². The third-order valence-corrected chi connectivity index (χ3v) is 8.53. The van der Waals surface area contributed by atoms with Crippen molar-refractivity contribution in [2.75, 3.05) is 0 Å². The largest absolute Gasteiger partial charge is 0.290 e. The van der Waals surface area contributed by atoms with Crippen molar-refractivity contribution in [2.45, 2.75) is 25.6 Å². The van der Waals surface area contributed by atoms with Crippen LogP contribution >= 0.6 is 0 Å². The molecule has 1 heterocycles. The average molecular weight is 306 g/mol. The highest BCUT2D eigenvalue weighted by molar-refractivity contribution is 6.91. The lowest BCUT2D eigenvalue weighted by molar-refractivity contribution is -0.115. The van der Waals surface area contributed by atoms with Crippen molar-refractivity contribution in [3.63, 3.8) is 0 Å². The number of hydrogen-bond donors (Lipinski definition) is 0. The molecule has 3 aliphatic rings. The van der Waals surface area contributed by atoms with Gasteiger partial charge in [-0.05, 0) is 35.8 Å². The molecule has 110 valence electrons. The Morgan fingerprint density at radius 3 is 2.59 bits per heavy atom. The van der Waals surface area contributed by atoms with Crippen LogP contribution in [0.15, 0.2) is 53.6 Å². The highest BCUT2D eigenvalue weighted by Gasteiger charge is 2.43. The first kappa shape index (κ1) is 13.6. The van der Waals surface area contributed by atoms with Crippen LogP contribution in [0.4, 0.5) is 0 Å². The van der Waals surface area contributed by atoms with Gasteiger partial charge in [0.05, 0.1) is 8.07 Å². The van der Waals surface area contributed by atoms with E-state index >= 15 is 0 Å². The molecule has 1 atom stereocenters. The van der Waals surface area contributed by atoms with Gasteiger partial charge in [0.1, 0.15) is 0 Å². The molecule has 1 aromatic carbocycles. The normalized spacial score (nSPS) is 25.4. The Kier molecular flexibility index (Phi) is 2.79. The van der Waals surface area contributed by atoms with E-state index in [1.54, 1.807) is 0 Å². The summed E-state index contributed by atoms with van der Waals surface area (Å²) < 4.78 is 0. The molecule has 3 heteroatoms. The summed E-state index contributed by atoms with van der Waals surface area (Å²) in [5.41, 5.74) is 4.07. The van der Waals surface area contributed by atoms with Crippen molar-refractivity contribution in [3.05, 3.63) is 59.2 Å². The zero-order valence-corrected chi connectivity index (χ0v) is 13.8. The molecule has 0 amide bonds. The molecule has 0 bridgehead atoms. The summed E-state index contributed by atoms with van der Waals surface area (Å²) in [5, 5.41) is 1.48. The highest BCUT2D eigenvalue weighted by Crippen LogP contribution is 2.45. The molecule has 1 unspecified atom stereocenters. The van der Waals surface area contributed by atoms with Gasteiger partial charge in [-0.15, -0.1) is 0 Å². The standard InChI is InChI=1S/C19H18O2Si/c1-22(2)11-15-12(13-5-3-4-6-18(13)22)7-8-14-16(20)9-10-17(21)19(14)15/h3-7,9-10,15H,8,11H2,1-2H3. The third-order valence-electron chi connectivity index (χ3n) is 5.21. The van der Waals surface area contributed by atoms with Gasteiger partial charge in [-0.25, -0.2) is 0 Å². The molecule has 0 aromatic heterocycles. The molecular formula is C19H18O2Si. The van der Waals surface area contributed by atoms with Crippen LogP contribution in [0.3, 0.4) is 0 Å². The van der Waals surface area contributed by atoms with Crippen LogP contribution in [-0.2, 0) is 9.59 Å². The van der Waals surface area contributed by atoms with Crippen LogP contribution in [-0.4, -0.2) is 19.6 Å². The molecular weight excluding hydrogens is 288 g/mol. The number of rotatable bonds is 0. The maximum absolute atomic E-state index is 12.4. The molecule has 2 nitrogen and oxygen atoms in total. The van der Waals surface area contributed by atoms with Crippen LogP contribution < -0.4 is 5.19 Å². The first-order valence-corrected chi connectivity index (χ1v) is 11.0. The lowest BCUT2D eigenvalue weighted by Crippen LogP contribution is -2.49. The first-order chi connectivity index (χ1) is 10.5. The molecule has 2 aliphatic carbocycles. The van der Waals surface area contributed by atoms with Crippen molar-refractivity contribution in [2.24, 2.45) is 5.92 Å². The van der Waals surface area contributed by atoms with Gasteiger partial charge in [-0.1, -0.05) is 48.6 Å². The summed E-state index contributed by atoms with van der Waals surface area (Å²) in [7, 11) is -1.61. The zero-order valence-electron chi connectivity index (χ0n) is 12.8. The minimum Gasteiger partial charge on any atom is -0.290 e. The molecule has 22 heavy (non-hydrogen) atoms. The van der Waals surface area contributed by atoms with Crippen molar-refractivity contribution in [1.82, 2.24) is 0 Å². The molecule has 0 N–H and O–H groups in total. The van der Waals surface area contributed by atoms with Gasteiger partial charge in [0.2, 0.25) is 0 Å². The summed E-state index contributed by atoms with van der Waals surface area (Å²) in [5.74, 6) is 0.166. The SMILES string of the molecule is C[Si]1(C)CC2C(=CCC3=C2C(=O)C=CC3=O)c2ccccc21. The Morgan fingerprint density at radius 2 is 1.77 bits per heavy atom. The van der Waals surface area contributed by atoms with E-state index in [9.17, 15) is 9.59 Å². The number of carbonyl (C=O) groups excluding carboxylic acids is 2. The van der Waals surface area contributed by atoms with Gasteiger partial charge in [0, 0.05) is 17.1 Å². The Labute approximate surface area is 131 Å². The topological polar surface area (TPSA) is 34.1 Å². The fraction of sp³-hybridized carbons (Fsp3) is 0.263. The predicted molar refractivity (Wildman–Crippen MR) is 90.6 cm³/mol.